The van der Waals surface area contributed by atoms with Crippen molar-refractivity contribution in [1.29, 1.82) is 0 Å². The van der Waals surface area contributed by atoms with E-state index in [1.807, 2.05) is 12.1 Å². The number of benzene rings is 2. The van der Waals surface area contributed by atoms with Gasteiger partial charge < -0.3 is 9.73 Å². The van der Waals surface area contributed by atoms with Gasteiger partial charge in [0.1, 0.15) is 5.76 Å². The summed E-state index contributed by atoms with van der Waals surface area (Å²) in [5, 5.41) is 3.79. The summed E-state index contributed by atoms with van der Waals surface area (Å²) < 4.78 is 5.30. The number of nitrogens with zero attached hydrogens (tertiary/aromatic N) is 1. The molecule has 1 N–H and O–H groups in total. The zero-order valence-electron chi connectivity index (χ0n) is 15.3. The molecule has 1 aliphatic carbocycles. The smallest absolute Gasteiger partial charge is 0.144 e. The Labute approximate surface area is 159 Å². The average Bonchev–Trinajstić information content (AvgIpc) is 3.38. The largest absolute Gasteiger partial charge is 0.463 e. The molecule has 2 aromatic carbocycles. The molecule has 2 heterocycles. The zero-order chi connectivity index (χ0) is 18.2. The summed E-state index contributed by atoms with van der Waals surface area (Å²) in [5.41, 5.74) is 6.27. The van der Waals surface area contributed by atoms with Gasteiger partial charge in [0.15, 0.2) is 0 Å². The van der Waals surface area contributed by atoms with E-state index in [0.717, 1.165) is 17.9 Å². The molecule has 0 radical (unpaired) electrons. The first-order valence-electron chi connectivity index (χ1n) is 9.49. The van der Waals surface area contributed by atoms with Gasteiger partial charge in [0, 0.05) is 11.6 Å². The van der Waals surface area contributed by atoms with E-state index in [9.17, 15) is 0 Å². The second-order valence-corrected chi connectivity index (χ2v) is 7.43. The Bertz CT molecular complexity index is 999. The molecule has 1 aromatic heterocycles. The maximum atomic E-state index is 5.30. The molecule has 1 aliphatic heterocycles. The highest BCUT2D eigenvalue weighted by Crippen LogP contribution is 2.49. The zero-order valence-corrected chi connectivity index (χ0v) is 15.3. The van der Waals surface area contributed by atoms with Crippen LogP contribution in [0.15, 0.2) is 82.4 Å². The van der Waals surface area contributed by atoms with E-state index in [2.05, 4.69) is 71.8 Å². The second kappa shape index (κ2) is 6.58. The monoisotopic (exact) mass is 354 g/mol. The molecule has 3 heteroatoms. The number of anilines is 1. The molecule has 0 amide bonds. The quantitative estimate of drug-likeness (QED) is 0.451. The molecule has 3 nitrogen and oxygen atoms in total. The van der Waals surface area contributed by atoms with Gasteiger partial charge >= 0.3 is 0 Å². The number of rotatable bonds is 3. The molecule has 0 saturated carbocycles. The van der Waals surface area contributed by atoms with Crippen molar-refractivity contribution in [2.24, 2.45) is 10.9 Å². The van der Waals surface area contributed by atoms with Gasteiger partial charge in [-0.3, -0.25) is 4.99 Å². The van der Waals surface area contributed by atoms with Crippen LogP contribution in [0.2, 0.25) is 0 Å². The van der Waals surface area contributed by atoms with Gasteiger partial charge in [0.2, 0.25) is 0 Å². The predicted molar refractivity (Wildman–Crippen MR) is 110 cm³/mol. The molecule has 0 saturated heterocycles. The van der Waals surface area contributed by atoms with Crippen LogP contribution in [-0.2, 0) is 0 Å². The lowest BCUT2D eigenvalue weighted by Gasteiger charge is -2.37. The van der Waals surface area contributed by atoms with Crippen molar-refractivity contribution in [3.05, 3.63) is 95.5 Å². The van der Waals surface area contributed by atoms with Crippen molar-refractivity contribution in [2.75, 3.05) is 5.32 Å². The molecular weight excluding hydrogens is 332 g/mol. The molecule has 2 aliphatic rings. The molecule has 27 heavy (non-hydrogen) atoms. The highest BCUT2D eigenvalue weighted by molar-refractivity contribution is 5.78. The summed E-state index contributed by atoms with van der Waals surface area (Å²) in [6, 6.07) is 19.4. The van der Waals surface area contributed by atoms with Gasteiger partial charge in [0.05, 0.1) is 24.2 Å². The summed E-state index contributed by atoms with van der Waals surface area (Å²) in [5.74, 6) is 1.83. The number of hydrogen-bond acceptors (Lipinski definition) is 3. The fraction of sp³-hybridized carbons (Fsp3) is 0.208. The van der Waals surface area contributed by atoms with Gasteiger partial charge in [-0.1, -0.05) is 42.0 Å². The van der Waals surface area contributed by atoms with E-state index >= 15 is 0 Å². The van der Waals surface area contributed by atoms with E-state index in [1.165, 1.54) is 22.4 Å². The van der Waals surface area contributed by atoms with Crippen molar-refractivity contribution in [1.82, 2.24) is 0 Å². The number of furan rings is 1. The third-order valence-electron chi connectivity index (χ3n) is 5.65. The van der Waals surface area contributed by atoms with E-state index in [1.54, 1.807) is 12.5 Å². The SMILES string of the molecule is Cc1ccc2c(c1)[C@@H]1C=CC[C@@H]1[C@@H](c1ccc(N=Cc3ccco3)cc1)N2. The second-order valence-electron chi connectivity index (χ2n) is 7.43. The number of fused-ring (bicyclic) bond motifs is 3. The molecule has 0 unspecified atom stereocenters. The van der Waals surface area contributed by atoms with Crippen LogP contribution in [0.25, 0.3) is 0 Å². The number of nitrogens with one attached hydrogen (secondary N) is 1. The Balaban J connectivity index is 1.42. The van der Waals surface area contributed by atoms with Gasteiger partial charge in [-0.05, 0) is 60.7 Å². The molecule has 5 rings (SSSR count). The Morgan fingerprint density at radius 2 is 2.00 bits per heavy atom. The highest BCUT2D eigenvalue weighted by atomic mass is 16.3. The predicted octanol–water partition coefficient (Wildman–Crippen LogP) is 6.17. The maximum absolute atomic E-state index is 5.30. The minimum atomic E-state index is 0.323. The summed E-state index contributed by atoms with van der Waals surface area (Å²) in [4.78, 5) is 4.50. The number of aryl methyl sites for hydroxylation is 1. The molecular formula is C24H22N2O. The normalized spacial score (nSPS) is 23.2. The summed E-state index contributed by atoms with van der Waals surface area (Å²) in [7, 11) is 0. The van der Waals surface area contributed by atoms with Crippen LogP contribution in [0.4, 0.5) is 11.4 Å². The first-order valence-corrected chi connectivity index (χ1v) is 9.49. The molecule has 0 spiro atoms. The molecule has 3 aromatic rings. The minimum absolute atomic E-state index is 0.323. The van der Waals surface area contributed by atoms with Crippen LogP contribution in [0.1, 0.15) is 40.8 Å². The summed E-state index contributed by atoms with van der Waals surface area (Å²) >= 11 is 0. The Morgan fingerprint density at radius 1 is 1.11 bits per heavy atom. The minimum Gasteiger partial charge on any atom is -0.463 e. The van der Waals surface area contributed by atoms with E-state index < -0.39 is 0 Å². The van der Waals surface area contributed by atoms with Crippen LogP contribution in [-0.4, -0.2) is 6.21 Å². The Hall–Kier alpha value is -3.07. The van der Waals surface area contributed by atoms with Gasteiger partial charge in [-0.15, -0.1) is 0 Å². The number of allylic oxidation sites excluding steroid dienone is 2. The first-order chi connectivity index (χ1) is 13.3. The highest BCUT2D eigenvalue weighted by Gasteiger charge is 2.37. The van der Waals surface area contributed by atoms with Gasteiger partial charge in [-0.25, -0.2) is 0 Å². The lowest BCUT2D eigenvalue weighted by atomic mass is 9.76. The molecule has 0 fully saturated rings. The van der Waals surface area contributed by atoms with E-state index in [-0.39, 0.29) is 0 Å². The number of aliphatic imine (C=N–C) groups is 1. The number of hydrogen-bond donors (Lipinski definition) is 1. The molecule has 0 bridgehead atoms. The first kappa shape index (κ1) is 16.1. The van der Waals surface area contributed by atoms with Crippen LogP contribution in [0.3, 0.4) is 0 Å². The molecule has 3 atom stereocenters. The van der Waals surface area contributed by atoms with Crippen molar-refractivity contribution in [2.45, 2.75) is 25.3 Å². The van der Waals surface area contributed by atoms with E-state index in [4.69, 9.17) is 4.42 Å². The topological polar surface area (TPSA) is 37.5 Å². The lowest BCUT2D eigenvalue weighted by molar-refractivity contribution is 0.425. The maximum Gasteiger partial charge on any atom is 0.144 e. The van der Waals surface area contributed by atoms with Gasteiger partial charge in [-0.2, -0.15) is 0 Å². The average molecular weight is 354 g/mol. The Morgan fingerprint density at radius 3 is 2.81 bits per heavy atom. The van der Waals surface area contributed by atoms with Crippen molar-refractivity contribution >= 4 is 17.6 Å². The van der Waals surface area contributed by atoms with Crippen molar-refractivity contribution in [3.63, 3.8) is 0 Å². The van der Waals surface area contributed by atoms with Crippen molar-refractivity contribution < 1.29 is 4.42 Å². The van der Waals surface area contributed by atoms with Crippen LogP contribution in [0.5, 0.6) is 0 Å². The van der Waals surface area contributed by atoms with Crippen molar-refractivity contribution in [3.8, 4) is 0 Å². The van der Waals surface area contributed by atoms with Crippen LogP contribution >= 0.6 is 0 Å². The summed E-state index contributed by atoms with van der Waals surface area (Å²) in [6.07, 6.45) is 9.25. The fourth-order valence-electron chi connectivity index (χ4n) is 4.31. The van der Waals surface area contributed by atoms with E-state index in [0.29, 0.717) is 17.9 Å². The molecule has 134 valence electrons. The third-order valence-corrected chi connectivity index (χ3v) is 5.65. The standard InChI is InChI=1S/C24H22N2O/c1-16-7-12-23-22(14-16)20-5-2-6-21(20)24(26-23)17-8-10-18(11-9-17)25-15-19-4-3-13-27-19/h2-5,7-15,20-21,24,26H,6H2,1H3/t20-,21+,24-/m1/s1. The Kier molecular flexibility index (Phi) is 3.93. The van der Waals surface area contributed by atoms with Crippen LogP contribution in [0, 0.1) is 12.8 Å². The van der Waals surface area contributed by atoms with Crippen LogP contribution < -0.4 is 5.32 Å². The third kappa shape index (κ3) is 2.99. The fourth-order valence-corrected chi connectivity index (χ4v) is 4.31. The lowest BCUT2D eigenvalue weighted by Crippen LogP contribution is -2.29. The van der Waals surface area contributed by atoms with Gasteiger partial charge in [0.25, 0.3) is 0 Å². The summed E-state index contributed by atoms with van der Waals surface area (Å²) in [6.45, 7) is 2.17.